The van der Waals surface area contributed by atoms with Crippen molar-refractivity contribution in [2.45, 2.75) is 77.3 Å². The summed E-state index contributed by atoms with van der Waals surface area (Å²) >= 11 is 0. The lowest BCUT2D eigenvalue weighted by molar-refractivity contribution is 0.352. The van der Waals surface area contributed by atoms with Crippen LogP contribution in [-0.4, -0.2) is 18.1 Å². The number of hydrogen-bond donors (Lipinski definition) is 2. The van der Waals surface area contributed by atoms with Gasteiger partial charge in [-0.15, -0.1) is 0 Å². The van der Waals surface area contributed by atoms with Crippen molar-refractivity contribution < 1.29 is 0 Å². The molecule has 0 radical (unpaired) electrons. The lowest BCUT2D eigenvalue weighted by atomic mass is 9.96. The van der Waals surface area contributed by atoms with E-state index in [4.69, 9.17) is 5.73 Å². The average molecular weight is 226 g/mol. The third kappa shape index (κ3) is 5.31. The molecule has 3 atom stereocenters. The van der Waals surface area contributed by atoms with Crippen molar-refractivity contribution in [1.82, 2.24) is 5.32 Å². The van der Waals surface area contributed by atoms with Crippen LogP contribution in [0.25, 0.3) is 0 Å². The smallest absolute Gasteiger partial charge is 0.0252 e. The Kier molecular flexibility index (Phi) is 5.77. The zero-order valence-corrected chi connectivity index (χ0v) is 11.4. The number of rotatable bonds is 5. The third-order valence-corrected chi connectivity index (χ3v) is 3.87. The van der Waals surface area contributed by atoms with Gasteiger partial charge in [-0.25, -0.2) is 0 Å². The molecular weight excluding hydrogens is 196 g/mol. The molecule has 1 saturated carbocycles. The van der Waals surface area contributed by atoms with Crippen LogP contribution in [0, 0.1) is 5.92 Å². The SMILES string of the molecule is CCCC(C)(N)CNC1CCCC(C)CC1. The van der Waals surface area contributed by atoms with E-state index >= 15 is 0 Å². The zero-order chi connectivity index (χ0) is 12.0. The summed E-state index contributed by atoms with van der Waals surface area (Å²) in [5.41, 5.74) is 6.23. The normalized spacial score (nSPS) is 30.8. The molecule has 0 aliphatic heterocycles. The minimum Gasteiger partial charge on any atom is -0.324 e. The molecule has 0 aromatic heterocycles. The van der Waals surface area contributed by atoms with Gasteiger partial charge in [0.25, 0.3) is 0 Å². The summed E-state index contributed by atoms with van der Waals surface area (Å²) < 4.78 is 0. The second-order valence-electron chi connectivity index (χ2n) is 6.10. The van der Waals surface area contributed by atoms with Crippen LogP contribution in [0.2, 0.25) is 0 Å². The monoisotopic (exact) mass is 226 g/mol. The Morgan fingerprint density at radius 3 is 2.69 bits per heavy atom. The minimum absolute atomic E-state index is 0.0212. The van der Waals surface area contributed by atoms with Gasteiger partial charge < -0.3 is 11.1 Å². The maximum atomic E-state index is 6.25. The van der Waals surface area contributed by atoms with Gasteiger partial charge in [-0.3, -0.25) is 0 Å². The molecule has 0 amide bonds. The van der Waals surface area contributed by atoms with Gasteiger partial charge in [0.1, 0.15) is 0 Å². The van der Waals surface area contributed by atoms with Crippen LogP contribution < -0.4 is 11.1 Å². The molecule has 16 heavy (non-hydrogen) atoms. The van der Waals surface area contributed by atoms with Crippen molar-refractivity contribution in [3.8, 4) is 0 Å². The fourth-order valence-corrected chi connectivity index (χ4v) is 2.73. The van der Waals surface area contributed by atoms with E-state index in [2.05, 4.69) is 26.1 Å². The summed E-state index contributed by atoms with van der Waals surface area (Å²) in [4.78, 5) is 0. The molecule has 3 unspecified atom stereocenters. The first-order valence-corrected chi connectivity index (χ1v) is 7.06. The fourth-order valence-electron chi connectivity index (χ4n) is 2.73. The van der Waals surface area contributed by atoms with Gasteiger partial charge in [0, 0.05) is 18.1 Å². The maximum absolute atomic E-state index is 6.25. The quantitative estimate of drug-likeness (QED) is 0.707. The van der Waals surface area contributed by atoms with E-state index in [0.717, 1.165) is 18.9 Å². The Hall–Kier alpha value is -0.0800. The van der Waals surface area contributed by atoms with Crippen molar-refractivity contribution in [3.05, 3.63) is 0 Å². The molecule has 0 spiro atoms. The van der Waals surface area contributed by atoms with Crippen LogP contribution in [0.15, 0.2) is 0 Å². The number of hydrogen-bond acceptors (Lipinski definition) is 2. The van der Waals surface area contributed by atoms with Gasteiger partial charge in [-0.05, 0) is 38.5 Å². The fraction of sp³-hybridized carbons (Fsp3) is 1.00. The summed E-state index contributed by atoms with van der Waals surface area (Å²) in [5.74, 6) is 0.923. The molecule has 1 rings (SSSR count). The van der Waals surface area contributed by atoms with Crippen molar-refractivity contribution in [1.29, 1.82) is 0 Å². The summed E-state index contributed by atoms with van der Waals surface area (Å²) in [6.07, 6.45) is 9.14. The molecular formula is C14H30N2. The van der Waals surface area contributed by atoms with E-state index in [1.165, 1.54) is 38.5 Å². The summed E-state index contributed by atoms with van der Waals surface area (Å²) in [5, 5.41) is 3.68. The first-order valence-electron chi connectivity index (χ1n) is 7.06. The van der Waals surface area contributed by atoms with Gasteiger partial charge >= 0.3 is 0 Å². The van der Waals surface area contributed by atoms with Gasteiger partial charge in [0.05, 0.1) is 0 Å². The second kappa shape index (κ2) is 6.61. The van der Waals surface area contributed by atoms with Crippen LogP contribution >= 0.6 is 0 Å². The topological polar surface area (TPSA) is 38.0 Å². The molecule has 2 nitrogen and oxygen atoms in total. The zero-order valence-electron chi connectivity index (χ0n) is 11.4. The van der Waals surface area contributed by atoms with Crippen molar-refractivity contribution >= 4 is 0 Å². The highest BCUT2D eigenvalue weighted by Gasteiger charge is 2.20. The molecule has 2 heteroatoms. The van der Waals surface area contributed by atoms with E-state index in [9.17, 15) is 0 Å². The van der Waals surface area contributed by atoms with Crippen LogP contribution in [0.4, 0.5) is 0 Å². The molecule has 1 aliphatic rings. The van der Waals surface area contributed by atoms with Gasteiger partial charge in [0.2, 0.25) is 0 Å². The summed E-state index contributed by atoms with van der Waals surface area (Å²) in [6.45, 7) is 7.73. The Balaban J connectivity index is 2.26. The Labute approximate surface area is 101 Å². The van der Waals surface area contributed by atoms with E-state index in [1.807, 2.05) is 0 Å². The molecule has 1 fully saturated rings. The van der Waals surface area contributed by atoms with Crippen LogP contribution in [0.1, 0.15) is 65.7 Å². The standard InChI is InChI=1S/C14H30N2/c1-4-10-14(3,15)11-16-13-7-5-6-12(2)8-9-13/h12-13,16H,4-11,15H2,1-3H3. The molecule has 0 bridgehead atoms. The van der Waals surface area contributed by atoms with Crippen molar-refractivity contribution in [2.24, 2.45) is 11.7 Å². The first kappa shape index (κ1) is 14.0. The Morgan fingerprint density at radius 2 is 2.00 bits per heavy atom. The lowest BCUT2D eigenvalue weighted by Gasteiger charge is -2.27. The molecule has 1 aliphatic carbocycles. The molecule has 0 saturated heterocycles. The molecule has 0 aromatic carbocycles. The minimum atomic E-state index is -0.0212. The van der Waals surface area contributed by atoms with Gasteiger partial charge in [0.15, 0.2) is 0 Å². The van der Waals surface area contributed by atoms with Crippen molar-refractivity contribution in [2.75, 3.05) is 6.54 Å². The number of nitrogens with two attached hydrogens (primary N) is 1. The van der Waals surface area contributed by atoms with E-state index in [-0.39, 0.29) is 5.54 Å². The predicted molar refractivity (Wildman–Crippen MR) is 71.5 cm³/mol. The molecule has 96 valence electrons. The van der Waals surface area contributed by atoms with Crippen LogP contribution in [0.3, 0.4) is 0 Å². The lowest BCUT2D eigenvalue weighted by Crippen LogP contribution is -2.48. The third-order valence-electron chi connectivity index (χ3n) is 3.87. The highest BCUT2D eigenvalue weighted by molar-refractivity contribution is 4.83. The largest absolute Gasteiger partial charge is 0.324 e. The Morgan fingerprint density at radius 1 is 1.25 bits per heavy atom. The van der Waals surface area contributed by atoms with E-state index in [0.29, 0.717) is 6.04 Å². The van der Waals surface area contributed by atoms with Gasteiger partial charge in [-0.2, -0.15) is 0 Å². The summed E-state index contributed by atoms with van der Waals surface area (Å²) in [7, 11) is 0. The van der Waals surface area contributed by atoms with E-state index in [1.54, 1.807) is 0 Å². The molecule has 0 aromatic rings. The van der Waals surface area contributed by atoms with E-state index < -0.39 is 0 Å². The molecule has 0 heterocycles. The maximum Gasteiger partial charge on any atom is 0.0252 e. The highest BCUT2D eigenvalue weighted by Crippen LogP contribution is 2.22. The average Bonchev–Trinajstić information content (AvgIpc) is 2.40. The van der Waals surface area contributed by atoms with Crippen LogP contribution in [0.5, 0.6) is 0 Å². The first-order chi connectivity index (χ1) is 7.53. The highest BCUT2D eigenvalue weighted by atomic mass is 15.0. The predicted octanol–water partition coefficient (Wildman–Crippen LogP) is 3.06. The van der Waals surface area contributed by atoms with Crippen molar-refractivity contribution in [3.63, 3.8) is 0 Å². The van der Waals surface area contributed by atoms with Crippen LogP contribution in [-0.2, 0) is 0 Å². The summed E-state index contributed by atoms with van der Waals surface area (Å²) in [6, 6.07) is 0.713. The number of nitrogens with one attached hydrogen (secondary N) is 1. The molecule has 3 N–H and O–H groups in total. The second-order valence-corrected chi connectivity index (χ2v) is 6.10. The Bertz CT molecular complexity index is 189. The van der Waals surface area contributed by atoms with Gasteiger partial charge in [-0.1, -0.05) is 33.1 Å².